The van der Waals surface area contributed by atoms with E-state index in [1.165, 1.54) is 0 Å². The number of rotatable bonds is 9. The Hall–Kier alpha value is -0.600. The Kier molecular flexibility index (Phi) is 9.99. The molecule has 0 aliphatic heterocycles. The van der Waals surface area contributed by atoms with Gasteiger partial charge in [-0.3, -0.25) is 4.90 Å². The van der Waals surface area contributed by atoms with Gasteiger partial charge in [-0.2, -0.15) is 0 Å². The molecule has 0 aromatic rings. The lowest BCUT2D eigenvalue weighted by molar-refractivity contribution is 0.224. The second-order valence-corrected chi connectivity index (χ2v) is 5.26. The fourth-order valence-electron chi connectivity index (χ4n) is 1.70. The molecule has 0 aromatic heterocycles. The standard InChI is InChI=1S/C16H32N2/c1-7-18(8-2)14-13-17(6)16(5)12-10-9-11-15(3)4/h9-12,15-16H,7-8,13-14H2,1-6H3/b11-9-,12-10-. The van der Waals surface area contributed by atoms with Gasteiger partial charge in [0.05, 0.1) is 0 Å². The minimum Gasteiger partial charge on any atom is -0.303 e. The largest absolute Gasteiger partial charge is 0.303 e. The van der Waals surface area contributed by atoms with Crippen LogP contribution in [0.3, 0.4) is 0 Å². The molecule has 0 fully saturated rings. The van der Waals surface area contributed by atoms with Crippen LogP contribution in [0.5, 0.6) is 0 Å². The molecule has 0 spiro atoms. The lowest BCUT2D eigenvalue weighted by Crippen LogP contribution is -2.36. The molecule has 0 radical (unpaired) electrons. The molecule has 2 heteroatoms. The van der Waals surface area contributed by atoms with Crippen molar-refractivity contribution in [1.29, 1.82) is 0 Å². The van der Waals surface area contributed by atoms with Crippen molar-refractivity contribution in [1.82, 2.24) is 9.80 Å². The van der Waals surface area contributed by atoms with Gasteiger partial charge < -0.3 is 4.90 Å². The minimum atomic E-state index is 0.498. The summed E-state index contributed by atoms with van der Waals surface area (Å²) in [5, 5.41) is 0. The molecule has 106 valence electrons. The summed E-state index contributed by atoms with van der Waals surface area (Å²) in [7, 11) is 2.20. The summed E-state index contributed by atoms with van der Waals surface area (Å²) in [6.45, 7) is 15.7. The van der Waals surface area contributed by atoms with Crippen LogP contribution in [0.2, 0.25) is 0 Å². The Labute approximate surface area is 114 Å². The van der Waals surface area contributed by atoms with Gasteiger partial charge in [0.2, 0.25) is 0 Å². The lowest BCUT2D eigenvalue weighted by atomic mass is 10.2. The zero-order valence-electron chi connectivity index (χ0n) is 13.2. The average molecular weight is 252 g/mol. The first-order valence-electron chi connectivity index (χ1n) is 7.28. The third kappa shape index (κ3) is 8.48. The molecule has 1 unspecified atom stereocenters. The zero-order valence-corrected chi connectivity index (χ0v) is 13.2. The van der Waals surface area contributed by atoms with Gasteiger partial charge in [-0.25, -0.2) is 0 Å². The summed E-state index contributed by atoms with van der Waals surface area (Å²) in [6.07, 6.45) is 8.80. The third-order valence-electron chi connectivity index (χ3n) is 3.36. The highest BCUT2D eigenvalue weighted by molar-refractivity contribution is 5.06. The summed E-state index contributed by atoms with van der Waals surface area (Å²) in [5.74, 6) is 0.630. The van der Waals surface area contributed by atoms with Gasteiger partial charge in [-0.1, -0.05) is 52.0 Å². The number of likely N-dealkylation sites (N-methyl/N-ethyl adjacent to an activating group) is 2. The summed E-state index contributed by atoms with van der Waals surface area (Å²) < 4.78 is 0. The van der Waals surface area contributed by atoms with Crippen LogP contribution in [0.25, 0.3) is 0 Å². The first-order chi connectivity index (χ1) is 8.51. The third-order valence-corrected chi connectivity index (χ3v) is 3.36. The SMILES string of the molecule is CCN(CC)CCN(C)C(C)/C=C\C=C/C(C)C. The van der Waals surface area contributed by atoms with Crippen molar-refractivity contribution >= 4 is 0 Å². The van der Waals surface area contributed by atoms with Gasteiger partial charge in [0.1, 0.15) is 0 Å². The summed E-state index contributed by atoms with van der Waals surface area (Å²) in [6, 6.07) is 0.498. The van der Waals surface area contributed by atoms with E-state index in [9.17, 15) is 0 Å². The predicted molar refractivity (Wildman–Crippen MR) is 83.0 cm³/mol. The van der Waals surface area contributed by atoms with Crippen LogP contribution < -0.4 is 0 Å². The van der Waals surface area contributed by atoms with Crippen LogP contribution in [0.4, 0.5) is 0 Å². The fraction of sp³-hybridized carbons (Fsp3) is 0.750. The molecule has 0 aromatic carbocycles. The summed E-state index contributed by atoms with van der Waals surface area (Å²) in [4.78, 5) is 4.86. The van der Waals surface area contributed by atoms with Gasteiger partial charge in [0, 0.05) is 19.1 Å². The minimum absolute atomic E-state index is 0.498. The first-order valence-corrected chi connectivity index (χ1v) is 7.28. The Bertz CT molecular complexity index is 239. The van der Waals surface area contributed by atoms with E-state index in [-0.39, 0.29) is 0 Å². The van der Waals surface area contributed by atoms with Crippen molar-refractivity contribution in [2.75, 3.05) is 33.2 Å². The van der Waals surface area contributed by atoms with Gasteiger partial charge in [-0.05, 0) is 33.0 Å². The molecule has 0 saturated heterocycles. The molecule has 2 nitrogen and oxygen atoms in total. The van der Waals surface area contributed by atoms with Crippen molar-refractivity contribution < 1.29 is 0 Å². The predicted octanol–water partition coefficient (Wildman–Crippen LogP) is 3.42. The Morgan fingerprint density at radius 2 is 1.44 bits per heavy atom. The normalized spacial score (nSPS) is 14.7. The maximum Gasteiger partial charge on any atom is 0.0250 e. The van der Waals surface area contributed by atoms with E-state index in [2.05, 4.69) is 75.8 Å². The second kappa shape index (κ2) is 10.3. The van der Waals surface area contributed by atoms with Gasteiger partial charge in [0.15, 0.2) is 0 Å². The van der Waals surface area contributed by atoms with Crippen LogP contribution in [0.1, 0.15) is 34.6 Å². The molecular formula is C16H32N2. The monoisotopic (exact) mass is 252 g/mol. The van der Waals surface area contributed by atoms with Crippen LogP contribution in [-0.4, -0.2) is 49.1 Å². The van der Waals surface area contributed by atoms with E-state index in [4.69, 9.17) is 0 Å². The molecule has 0 saturated carbocycles. The highest BCUT2D eigenvalue weighted by Crippen LogP contribution is 2.00. The van der Waals surface area contributed by atoms with Crippen molar-refractivity contribution in [3.8, 4) is 0 Å². The fourth-order valence-corrected chi connectivity index (χ4v) is 1.70. The molecular weight excluding hydrogens is 220 g/mol. The quantitative estimate of drug-likeness (QED) is 0.580. The number of hydrogen-bond acceptors (Lipinski definition) is 2. The molecule has 0 aliphatic carbocycles. The summed E-state index contributed by atoms with van der Waals surface area (Å²) >= 11 is 0. The van der Waals surface area contributed by atoms with Crippen molar-refractivity contribution in [2.45, 2.75) is 40.7 Å². The van der Waals surface area contributed by atoms with Crippen LogP contribution in [-0.2, 0) is 0 Å². The van der Waals surface area contributed by atoms with Gasteiger partial charge >= 0.3 is 0 Å². The highest BCUT2D eigenvalue weighted by atomic mass is 15.2. The zero-order chi connectivity index (χ0) is 14.0. The van der Waals surface area contributed by atoms with Gasteiger partial charge in [-0.15, -0.1) is 0 Å². The Morgan fingerprint density at radius 1 is 0.889 bits per heavy atom. The highest BCUT2D eigenvalue weighted by Gasteiger charge is 2.06. The lowest BCUT2D eigenvalue weighted by Gasteiger charge is -2.26. The number of allylic oxidation sites excluding steroid dienone is 3. The molecule has 0 N–H and O–H groups in total. The van der Waals surface area contributed by atoms with Gasteiger partial charge in [0.25, 0.3) is 0 Å². The smallest absolute Gasteiger partial charge is 0.0250 e. The topological polar surface area (TPSA) is 6.48 Å². The first kappa shape index (κ1) is 17.4. The Balaban J connectivity index is 3.98. The summed E-state index contributed by atoms with van der Waals surface area (Å²) in [5.41, 5.74) is 0. The van der Waals surface area contributed by atoms with E-state index in [1.54, 1.807) is 0 Å². The van der Waals surface area contributed by atoms with E-state index in [1.807, 2.05) is 0 Å². The number of nitrogens with zero attached hydrogens (tertiary/aromatic N) is 2. The Morgan fingerprint density at radius 3 is 1.94 bits per heavy atom. The van der Waals surface area contributed by atoms with E-state index in [0.29, 0.717) is 12.0 Å². The molecule has 18 heavy (non-hydrogen) atoms. The average Bonchev–Trinajstić information content (AvgIpc) is 2.35. The maximum absolute atomic E-state index is 2.46. The number of hydrogen-bond donors (Lipinski definition) is 0. The van der Waals surface area contributed by atoms with Crippen molar-refractivity contribution in [3.05, 3.63) is 24.3 Å². The van der Waals surface area contributed by atoms with E-state index in [0.717, 1.165) is 26.2 Å². The molecule has 0 aliphatic rings. The van der Waals surface area contributed by atoms with Crippen LogP contribution in [0.15, 0.2) is 24.3 Å². The molecule has 0 bridgehead atoms. The van der Waals surface area contributed by atoms with E-state index < -0.39 is 0 Å². The van der Waals surface area contributed by atoms with Crippen LogP contribution >= 0.6 is 0 Å². The van der Waals surface area contributed by atoms with Crippen molar-refractivity contribution in [2.24, 2.45) is 5.92 Å². The van der Waals surface area contributed by atoms with Crippen molar-refractivity contribution in [3.63, 3.8) is 0 Å². The van der Waals surface area contributed by atoms with Crippen LogP contribution in [0, 0.1) is 5.92 Å². The molecule has 0 amide bonds. The molecule has 0 heterocycles. The van der Waals surface area contributed by atoms with E-state index >= 15 is 0 Å². The molecule has 1 atom stereocenters. The second-order valence-electron chi connectivity index (χ2n) is 5.26. The maximum atomic E-state index is 2.46. The molecule has 0 rings (SSSR count).